The second-order valence-electron chi connectivity index (χ2n) is 7.11. The van der Waals surface area contributed by atoms with Crippen LogP contribution in [0, 0.1) is 6.92 Å². The molecule has 2 aromatic rings. The molecule has 144 valence electrons. The van der Waals surface area contributed by atoms with E-state index in [9.17, 15) is 14.7 Å². The van der Waals surface area contributed by atoms with Crippen LogP contribution in [0.15, 0.2) is 35.4 Å². The zero-order valence-electron chi connectivity index (χ0n) is 15.9. The lowest BCUT2D eigenvalue weighted by Gasteiger charge is -2.32. The van der Waals surface area contributed by atoms with Gasteiger partial charge in [-0.2, -0.15) is 5.10 Å². The Morgan fingerprint density at radius 3 is 2.33 bits per heavy atom. The number of rotatable bonds is 5. The molecule has 1 N–H and O–H groups in total. The van der Waals surface area contributed by atoms with Crippen molar-refractivity contribution < 1.29 is 14.7 Å². The number of likely N-dealkylation sites (tertiary alicyclic amines) is 1. The van der Waals surface area contributed by atoms with Gasteiger partial charge in [0.05, 0.1) is 17.9 Å². The number of thioether (sulfide) groups is 1. The third kappa shape index (κ3) is 4.35. The van der Waals surface area contributed by atoms with Crippen LogP contribution in [-0.2, 0) is 0 Å². The maximum absolute atomic E-state index is 12.8. The third-order valence-corrected chi connectivity index (χ3v) is 5.86. The first-order chi connectivity index (χ1) is 12.9. The summed E-state index contributed by atoms with van der Waals surface area (Å²) in [6, 6.07) is 7.94. The molecule has 1 saturated heterocycles. The highest BCUT2D eigenvalue weighted by Gasteiger charge is 2.27. The Morgan fingerprint density at radius 2 is 1.81 bits per heavy atom. The SMILES string of the molecule is Cc1c(C(=O)O)cnn1C1CCN(C(=O)c2ccc(SC(C)C)cc2)CC1. The molecule has 0 bridgehead atoms. The van der Waals surface area contributed by atoms with Crippen LogP contribution < -0.4 is 0 Å². The van der Waals surface area contributed by atoms with Crippen molar-refractivity contribution in [3.8, 4) is 0 Å². The Morgan fingerprint density at radius 1 is 1.19 bits per heavy atom. The smallest absolute Gasteiger partial charge is 0.339 e. The van der Waals surface area contributed by atoms with E-state index in [0.717, 1.165) is 12.8 Å². The lowest BCUT2D eigenvalue weighted by Crippen LogP contribution is -2.39. The summed E-state index contributed by atoms with van der Waals surface area (Å²) in [5.74, 6) is -0.900. The number of benzene rings is 1. The minimum Gasteiger partial charge on any atom is -0.478 e. The van der Waals surface area contributed by atoms with E-state index >= 15 is 0 Å². The fourth-order valence-corrected chi connectivity index (χ4v) is 4.28. The van der Waals surface area contributed by atoms with E-state index in [2.05, 4.69) is 18.9 Å². The van der Waals surface area contributed by atoms with Crippen LogP contribution in [0.2, 0.25) is 0 Å². The van der Waals surface area contributed by atoms with E-state index in [1.54, 1.807) is 23.4 Å². The summed E-state index contributed by atoms with van der Waals surface area (Å²) >= 11 is 1.78. The summed E-state index contributed by atoms with van der Waals surface area (Å²) in [6.07, 6.45) is 2.95. The fourth-order valence-electron chi connectivity index (χ4n) is 3.45. The van der Waals surface area contributed by atoms with Crippen LogP contribution in [0.4, 0.5) is 0 Å². The fraction of sp³-hybridized carbons (Fsp3) is 0.450. The number of carbonyl (C=O) groups is 2. The number of hydrogen-bond donors (Lipinski definition) is 1. The zero-order chi connectivity index (χ0) is 19.6. The highest BCUT2D eigenvalue weighted by Crippen LogP contribution is 2.27. The highest BCUT2D eigenvalue weighted by molar-refractivity contribution is 7.99. The van der Waals surface area contributed by atoms with Gasteiger partial charge in [0.15, 0.2) is 0 Å². The quantitative estimate of drug-likeness (QED) is 0.788. The normalized spacial score (nSPS) is 15.3. The molecule has 0 radical (unpaired) electrons. The Hall–Kier alpha value is -2.28. The summed E-state index contributed by atoms with van der Waals surface area (Å²) < 4.78 is 1.79. The van der Waals surface area contributed by atoms with Gasteiger partial charge in [-0.3, -0.25) is 9.48 Å². The number of amides is 1. The molecule has 1 aromatic carbocycles. The number of piperidine rings is 1. The van der Waals surface area contributed by atoms with Gasteiger partial charge < -0.3 is 10.0 Å². The van der Waals surface area contributed by atoms with Gasteiger partial charge in [0.1, 0.15) is 5.56 Å². The van der Waals surface area contributed by atoms with Gasteiger partial charge >= 0.3 is 5.97 Å². The number of carbonyl (C=O) groups excluding carboxylic acids is 1. The maximum Gasteiger partial charge on any atom is 0.339 e. The van der Waals surface area contributed by atoms with Crippen molar-refractivity contribution in [2.45, 2.75) is 49.8 Å². The first kappa shape index (κ1) is 19.5. The molecule has 6 nitrogen and oxygen atoms in total. The lowest BCUT2D eigenvalue weighted by atomic mass is 10.0. The average molecular weight is 388 g/mol. The molecular formula is C20H25N3O3S. The topological polar surface area (TPSA) is 75.4 Å². The van der Waals surface area contributed by atoms with E-state index in [0.29, 0.717) is 29.6 Å². The maximum atomic E-state index is 12.8. The molecule has 3 rings (SSSR count). The van der Waals surface area contributed by atoms with Gasteiger partial charge in [-0.25, -0.2) is 4.79 Å². The van der Waals surface area contributed by atoms with Crippen molar-refractivity contribution in [2.24, 2.45) is 0 Å². The largest absolute Gasteiger partial charge is 0.478 e. The summed E-state index contributed by atoms with van der Waals surface area (Å²) in [4.78, 5) is 27.0. The summed E-state index contributed by atoms with van der Waals surface area (Å²) in [7, 11) is 0. The number of nitrogens with zero attached hydrogens (tertiary/aromatic N) is 3. The van der Waals surface area contributed by atoms with E-state index < -0.39 is 5.97 Å². The standard InChI is InChI=1S/C20H25N3O3S/c1-13(2)27-17-6-4-15(5-7-17)19(24)22-10-8-16(9-11-22)23-14(3)18(12-21-23)20(25)26/h4-7,12-13,16H,8-11H2,1-3H3,(H,25,26). The number of aromatic carboxylic acids is 1. The monoisotopic (exact) mass is 387 g/mol. The van der Waals surface area contributed by atoms with E-state index in [1.807, 2.05) is 29.2 Å². The molecule has 2 heterocycles. The molecule has 0 spiro atoms. The Labute approximate surface area is 163 Å². The Kier molecular flexibility index (Phi) is 5.89. The first-order valence-electron chi connectivity index (χ1n) is 9.20. The second-order valence-corrected chi connectivity index (χ2v) is 8.76. The molecule has 1 fully saturated rings. The van der Waals surface area contributed by atoms with Crippen LogP contribution >= 0.6 is 11.8 Å². The number of carboxylic acids is 1. The van der Waals surface area contributed by atoms with Crippen LogP contribution in [-0.4, -0.2) is 50.0 Å². The Balaban J connectivity index is 1.62. The molecular weight excluding hydrogens is 362 g/mol. The summed E-state index contributed by atoms with van der Waals surface area (Å²) in [5, 5.41) is 13.9. The van der Waals surface area contributed by atoms with Gasteiger partial charge in [-0.05, 0) is 44.0 Å². The van der Waals surface area contributed by atoms with Crippen molar-refractivity contribution in [2.75, 3.05) is 13.1 Å². The Bertz CT molecular complexity index is 821. The van der Waals surface area contributed by atoms with Crippen molar-refractivity contribution in [3.63, 3.8) is 0 Å². The van der Waals surface area contributed by atoms with E-state index in [4.69, 9.17) is 0 Å². The van der Waals surface area contributed by atoms with Crippen molar-refractivity contribution >= 4 is 23.6 Å². The van der Waals surface area contributed by atoms with Crippen LogP contribution in [0.3, 0.4) is 0 Å². The molecule has 0 saturated carbocycles. The summed E-state index contributed by atoms with van der Waals surface area (Å²) in [6.45, 7) is 7.37. The predicted molar refractivity (Wildman–Crippen MR) is 106 cm³/mol. The van der Waals surface area contributed by atoms with Crippen LogP contribution in [0.5, 0.6) is 0 Å². The minimum absolute atomic E-state index is 0.0537. The highest BCUT2D eigenvalue weighted by atomic mass is 32.2. The molecule has 1 aromatic heterocycles. The van der Waals surface area contributed by atoms with E-state index in [1.165, 1.54) is 11.1 Å². The number of hydrogen-bond acceptors (Lipinski definition) is 4. The van der Waals surface area contributed by atoms with Gasteiger partial charge in [0.25, 0.3) is 5.91 Å². The first-order valence-corrected chi connectivity index (χ1v) is 10.1. The molecule has 1 amide bonds. The third-order valence-electron chi connectivity index (χ3n) is 4.85. The van der Waals surface area contributed by atoms with Gasteiger partial charge in [0, 0.05) is 28.8 Å². The summed E-state index contributed by atoms with van der Waals surface area (Å²) in [5.41, 5.74) is 1.63. The van der Waals surface area contributed by atoms with Crippen molar-refractivity contribution in [1.29, 1.82) is 0 Å². The zero-order valence-corrected chi connectivity index (χ0v) is 16.7. The van der Waals surface area contributed by atoms with Gasteiger partial charge in [-0.15, -0.1) is 11.8 Å². The average Bonchev–Trinajstić information content (AvgIpc) is 3.03. The molecule has 7 heteroatoms. The van der Waals surface area contributed by atoms with Gasteiger partial charge in [-0.1, -0.05) is 13.8 Å². The van der Waals surface area contributed by atoms with Crippen molar-refractivity contribution in [1.82, 2.24) is 14.7 Å². The minimum atomic E-state index is -0.953. The molecule has 0 unspecified atom stereocenters. The predicted octanol–water partition coefficient (Wildman–Crippen LogP) is 3.87. The van der Waals surface area contributed by atoms with Crippen LogP contribution in [0.1, 0.15) is 59.1 Å². The lowest BCUT2D eigenvalue weighted by molar-refractivity contribution is 0.0688. The molecule has 1 aliphatic rings. The molecule has 0 atom stereocenters. The molecule has 1 aliphatic heterocycles. The molecule has 27 heavy (non-hydrogen) atoms. The number of aromatic nitrogens is 2. The van der Waals surface area contributed by atoms with Crippen LogP contribution in [0.25, 0.3) is 0 Å². The van der Waals surface area contributed by atoms with Gasteiger partial charge in [0.2, 0.25) is 0 Å². The second kappa shape index (κ2) is 8.17. The molecule has 0 aliphatic carbocycles. The van der Waals surface area contributed by atoms with Crippen molar-refractivity contribution in [3.05, 3.63) is 47.3 Å². The number of carboxylic acid groups (broad SMARTS) is 1. The van der Waals surface area contributed by atoms with E-state index in [-0.39, 0.29) is 17.5 Å².